The van der Waals surface area contributed by atoms with E-state index in [0.717, 1.165) is 11.5 Å². The van der Waals surface area contributed by atoms with Crippen LogP contribution in [0.1, 0.15) is 5.56 Å². The van der Waals surface area contributed by atoms with E-state index in [0.29, 0.717) is 5.02 Å². The first-order valence-electron chi connectivity index (χ1n) is 4.70. The van der Waals surface area contributed by atoms with Crippen LogP contribution < -0.4 is 5.32 Å². The minimum atomic E-state index is 0.644. The number of hydrogen-bond donors (Lipinski definition) is 1. The fourth-order valence-electron chi connectivity index (χ4n) is 1.30. The minimum Gasteiger partial charge on any atom is -0.340 e. The van der Waals surface area contributed by atoms with Gasteiger partial charge in [0.1, 0.15) is 5.82 Å². The molecule has 2 aromatic rings. The summed E-state index contributed by atoms with van der Waals surface area (Å²) in [6.45, 7) is 2.05. The molecular weight excluding hydrogens is 208 g/mol. The fraction of sp³-hybridized carbons (Fsp3) is 0.0833. The van der Waals surface area contributed by atoms with Crippen LogP contribution in [0, 0.1) is 6.92 Å². The molecule has 2 rings (SSSR count). The number of halogens is 1. The lowest BCUT2D eigenvalue weighted by atomic mass is 10.2. The highest BCUT2D eigenvalue weighted by Gasteiger charge is 1.98. The molecule has 0 spiro atoms. The predicted octanol–water partition coefficient (Wildman–Crippen LogP) is 3.79. The highest BCUT2D eigenvalue weighted by Crippen LogP contribution is 2.19. The minimum absolute atomic E-state index is 0.644. The van der Waals surface area contributed by atoms with E-state index in [2.05, 4.69) is 23.3 Å². The van der Waals surface area contributed by atoms with Crippen LogP contribution in [-0.2, 0) is 0 Å². The molecule has 2 nitrogen and oxygen atoms in total. The number of para-hydroxylation sites is 1. The van der Waals surface area contributed by atoms with Crippen LogP contribution in [0.5, 0.6) is 0 Å². The molecule has 0 radical (unpaired) electrons. The fourth-order valence-corrected chi connectivity index (χ4v) is 1.41. The van der Waals surface area contributed by atoms with Crippen molar-refractivity contribution in [3.8, 4) is 0 Å². The smallest absolute Gasteiger partial charge is 0.130 e. The van der Waals surface area contributed by atoms with E-state index in [-0.39, 0.29) is 0 Å². The summed E-state index contributed by atoms with van der Waals surface area (Å²) in [4.78, 5) is 4.17. The summed E-state index contributed by atoms with van der Waals surface area (Å²) < 4.78 is 0. The van der Waals surface area contributed by atoms with Crippen LogP contribution in [0.3, 0.4) is 0 Å². The maximum Gasteiger partial charge on any atom is 0.130 e. The number of anilines is 2. The van der Waals surface area contributed by atoms with Gasteiger partial charge < -0.3 is 5.32 Å². The largest absolute Gasteiger partial charge is 0.340 e. The van der Waals surface area contributed by atoms with Crippen LogP contribution in [0.15, 0.2) is 42.6 Å². The van der Waals surface area contributed by atoms with Crippen molar-refractivity contribution >= 4 is 23.1 Å². The molecule has 1 N–H and O–H groups in total. The number of pyridine rings is 1. The van der Waals surface area contributed by atoms with Gasteiger partial charge in [0, 0.05) is 11.9 Å². The quantitative estimate of drug-likeness (QED) is 0.830. The van der Waals surface area contributed by atoms with Crippen LogP contribution in [0.25, 0.3) is 0 Å². The van der Waals surface area contributed by atoms with Gasteiger partial charge in [-0.15, -0.1) is 0 Å². The zero-order valence-corrected chi connectivity index (χ0v) is 9.12. The number of nitrogens with one attached hydrogen (secondary N) is 1. The number of hydrogen-bond acceptors (Lipinski definition) is 2. The summed E-state index contributed by atoms with van der Waals surface area (Å²) in [5.41, 5.74) is 2.25. The van der Waals surface area contributed by atoms with Crippen molar-refractivity contribution in [1.29, 1.82) is 0 Å². The third-order valence-corrected chi connectivity index (χ3v) is 2.36. The maximum absolute atomic E-state index is 5.76. The molecule has 1 aromatic carbocycles. The third-order valence-electron chi connectivity index (χ3n) is 2.14. The van der Waals surface area contributed by atoms with Crippen molar-refractivity contribution in [1.82, 2.24) is 4.98 Å². The van der Waals surface area contributed by atoms with Crippen molar-refractivity contribution < 1.29 is 0 Å². The van der Waals surface area contributed by atoms with Crippen LogP contribution in [-0.4, -0.2) is 4.98 Å². The summed E-state index contributed by atoms with van der Waals surface area (Å²) in [6.07, 6.45) is 1.63. The number of rotatable bonds is 2. The molecule has 0 amide bonds. The Kier molecular flexibility index (Phi) is 2.88. The molecular formula is C12H11ClN2. The van der Waals surface area contributed by atoms with Gasteiger partial charge in [-0.05, 0) is 30.7 Å². The Balaban J connectivity index is 2.22. The molecule has 1 heterocycles. The molecule has 0 fully saturated rings. The average molecular weight is 219 g/mol. The monoisotopic (exact) mass is 218 g/mol. The lowest BCUT2D eigenvalue weighted by Gasteiger charge is -2.07. The Morgan fingerprint density at radius 3 is 2.60 bits per heavy atom. The average Bonchev–Trinajstić information content (AvgIpc) is 2.25. The van der Waals surface area contributed by atoms with E-state index >= 15 is 0 Å². The lowest BCUT2D eigenvalue weighted by molar-refractivity contribution is 1.30. The van der Waals surface area contributed by atoms with Crippen LogP contribution in [0.2, 0.25) is 5.02 Å². The van der Waals surface area contributed by atoms with Crippen LogP contribution >= 0.6 is 11.6 Å². The second-order valence-corrected chi connectivity index (χ2v) is 3.74. The van der Waals surface area contributed by atoms with Gasteiger partial charge in [0.05, 0.1) is 5.02 Å². The van der Waals surface area contributed by atoms with Gasteiger partial charge in [0.15, 0.2) is 0 Å². The normalized spacial score (nSPS) is 10.0. The topological polar surface area (TPSA) is 24.9 Å². The molecule has 0 aliphatic carbocycles. The number of aromatic nitrogens is 1. The summed E-state index contributed by atoms with van der Waals surface area (Å²) in [5, 5.41) is 3.87. The van der Waals surface area contributed by atoms with E-state index < -0.39 is 0 Å². The van der Waals surface area contributed by atoms with Gasteiger partial charge in [-0.3, -0.25) is 0 Å². The molecule has 0 aliphatic rings. The first kappa shape index (κ1) is 9.99. The summed E-state index contributed by atoms with van der Waals surface area (Å²) >= 11 is 5.76. The van der Waals surface area contributed by atoms with Gasteiger partial charge in [0.2, 0.25) is 0 Å². The van der Waals surface area contributed by atoms with E-state index in [9.17, 15) is 0 Å². The van der Waals surface area contributed by atoms with Crippen molar-refractivity contribution in [3.63, 3.8) is 0 Å². The Labute approximate surface area is 93.9 Å². The van der Waals surface area contributed by atoms with E-state index in [1.54, 1.807) is 6.20 Å². The van der Waals surface area contributed by atoms with E-state index in [4.69, 9.17) is 11.6 Å². The maximum atomic E-state index is 5.76. The molecule has 0 saturated heterocycles. The number of aryl methyl sites for hydroxylation is 1. The SMILES string of the molecule is Cc1ccccc1Nc1ccc(Cl)cn1. The number of nitrogens with zero attached hydrogens (tertiary/aromatic N) is 1. The van der Waals surface area contributed by atoms with E-state index in [1.165, 1.54) is 5.56 Å². The first-order valence-corrected chi connectivity index (χ1v) is 5.08. The van der Waals surface area contributed by atoms with E-state index in [1.807, 2.05) is 30.3 Å². The second-order valence-electron chi connectivity index (χ2n) is 3.30. The van der Waals surface area contributed by atoms with Gasteiger partial charge >= 0.3 is 0 Å². The van der Waals surface area contributed by atoms with Crippen LogP contribution in [0.4, 0.5) is 11.5 Å². The highest BCUT2D eigenvalue weighted by atomic mass is 35.5. The molecule has 0 unspecified atom stereocenters. The Morgan fingerprint density at radius 1 is 1.13 bits per heavy atom. The molecule has 0 bridgehead atoms. The molecule has 3 heteroatoms. The standard InChI is InChI=1S/C12H11ClN2/c1-9-4-2-3-5-11(9)15-12-7-6-10(13)8-14-12/h2-8H,1H3,(H,14,15). The van der Waals surface area contributed by atoms with Crippen molar-refractivity contribution in [3.05, 3.63) is 53.2 Å². The summed E-state index contributed by atoms with van der Waals surface area (Å²) in [5.74, 6) is 0.800. The zero-order valence-electron chi connectivity index (χ0n) is 8.37. The lowest BCUT2D eigenvalue weighted by Crippen LogP contribution is -1.94. The molecule has 76 valence electrons. The first-order chi connectivity index (χ1) is 7.25. The summed E-state index contributed by atoms with van der Waals surface area (Å²) in [6, 6.07) is 11.7. The number of benzene rings is 1. The molecule has 0 aliphatic heterocycles. The van der Waals surface area contributed by atoms with Gasteiger partial charge in [-0.25, -0.2) is 4.98 Å². The molecule has 0 saturated carbocycles. The predicted molar refractivity (Wildman–Crippen MR) is 63.7 cm³/mol. The molecule has 15 heavy (non-hydrogen) atoms. The molecule has 1 aromatic heterocycles. The van der Waals surface area contributed by atoms with Crippen molar-refractivity contribution in [2.24, 2.45) is 0 Å². The zero-order chi connectivity index (χ0) is 10.7. The Morgan fingerprint density at radius 2 is 1.93 bits per heavy atom. The third kappa shape index (κ3) is 2.48. The van der Waals surface area contributed by atoms with Gasteiger partial charge in [-0.2, -0.15) is 0 Å². The highest BCUT2D eigenvalue weighted by molar-refractivity contribution is 6.30. The van der Waals surface area contributed by atoms with Crippen molar-refractivity contribution in [2.45, 2.75) is 6.92 Å². The summed E-state index contributed by atoms with van der Waals surface area (Å²) in [7, 11) is 0. The second kappa shape index (κ2) is 4.32. The Hall–Kier alpha value is -1.54. The Bertz CT molecular complexity index is 451. The van der Waals surface area contributed by atoms with Gasteiger partial charge in [-0.1, -0.05) is 29.8 Å². The van der Waals surface area contributed by atoms with Gasteiger partial charge in [0.25, 0.3) is 0 Å². The van der Waals surface area contributed by atoms with Crippen molar-refractivity contribution in [2.75, 3.05) is 5.32 Å². The molecule has 0 atom stereocenters.